The van der Waals surface area contributed by atoms with E-state index in [4.69, 9.17) is 23.7 Å². The van der Waals surface area contributed by atoms with Gasteiger partial charge in [-0.3, -0.25) is 9.59 Å². The van der Waals surface area contributed by atoms with Crippen LogP contribution in [0.5, 0.6) is 0 Å². The molecule has 3 aliphatic rings. The van der Waals surface area contributed by atoms with Crippen molar-refractivity contribution in [3.05, 3.63) is 71.8 Å². The fourth-order valence-electron chi connectivity index (χ4n) is 7.85. The van der Waals surface area contributed by atoms with Gasteiger partial charge in [0.05, 0.1) is 34.2 Å². The predicted octanol–water partition coefficient (Wildman–Crippen LogP) is 3.89. The average Bonchev–Trinajstić information content (AvgIpc) is 3.15. The van der Waals surface area contributed by atoms with Crippen molar-refractivity contribution in [3.8, 4) is 0 Å². The van der Waals surface area contributed by atoms with E-state index in [1.54, 1.807) is 81.4 Å². The first-order valence-electron chi connectivity index (χ1n) is 14.5. The van der Waals surface area contributed by atoms with E-state index >= 15 is 0 Å². The maximum Gasteiger partial charge on any atom is 0.338 e. The molecular weight excluding hydrogens is 556 g/mol. The highest BCUT2D eigenvalue weighted by Gasteiger charge is 2.83. The number of carbonyl (C=O) groups excluding carboxylic acids is 4. The molecule has 1 heterocycles. The molecule has 43 heavy (non-hydrogen) atoms. The number of esters is 4. The number of ether oxygens (including phenoxy) is 5. The summed E-state index contributed by atoms with van der Waals surface area (Å²) in [6.45, 7) is 9.62. The first-order valence-corrected chi connectivity index (χ1v) is 14.5. The van der Waals surface area contributed by atoms with Gasteiger partial charge in [-0.25, -0.2) is 9.59 Å². The molecule has 0 amide bonds. The normalized spacial score (nSPS) is 35.7. The monoisotopic (exact) mass is 594 g/mol. The number of rotatable bonds is 6. The van der Waals surface area contributed by atoms with Crippen LogP contribution in [0.3, 0.4) is 0 Å². The molecule has 0 radical (unpaired) electrons. The average molecular weight is 595 g/mol. The van der Waals surface area contributed by atoms with E-state index in [0.29, 0.717) is 0 Å². The summed E-state index contributed by atoms with van der Waals surface area (Å²) in [4.78, 5) is 52.5. The molecule has 1 N–H and O–H groups in total. The second-order valence-electron chi connectivity index (χ2n) is 12.5. The van der Waals surface area contributed by atoms with E-state index in [-0.39, 0.29) is 17.5 Å². The van der Waals surface area contributed by atoms with Crippen molar-refractivity contribution in [2.45, 2.75) is 89.7 Å². The summed E-state index contributed by atoms with van der Waals surface area (Å²) in [5, 5.41) is 11.4. The molecule has 2 bridgehead atoms. The molecule has 2 aromatic carbocycles. The minimum Gasteiger partial charge on any atom is -0.459 e. The number of aliphatic hydroxyl groups is 1. The third kappa shape index (κ3) is 4.90. The van der Waals surface area contributed by atoms with Gasteiger partial charge in [-0.2, -0.15) is 0 Å². The molecule has 5 rings (SSSR count). The Kier molecular flexibility index (Phi) is 7.89. The molecule has 10 heteroatoms. The summed E-state index contributed by atoms with van der Waals surface area (Å²) >= 11 is 0. The van der Waals surface area contributed by atoms with E-state index in [0.717, 1.165) is 0 Å². The molecule has 0 unspecified atom stereocenters. The van der Waals surface area contributed by atoms with E-state index in [1.165, 1.54) is 13.8 Å². The van der Waals surface area contributed by atoms with E-state index < -0.39 is 82.8 Å². The van der Waals surface area contributed by atoms with Crippen LogP contribution in [0, 0.1) is 17.3 Å². The Balaban J connectivity index is 1.75. The molecule has 9 atom stereocenters. The van der Waals surface area contributed by atoms with Crippen LogP contribution in [0.2, 0.25) is 0 Å². The molecule has 10 nitrogen and oxygen atoms in total. The van der Waals surface area contributed by atoms with Crippen LogP contribution in [0.1, 0.15) is 68.7 Å². The standard InChI is InChI=1S/C33H38O10/c1-18-17-23(36)26(39-19(2)34)32(6)28(42-30(38)22-15-11-8-12-16-22)25(41-29(37)21-13-9-7-10-14-21)24-27(40-20(3)35)33(18,32)43-31(24,4)5/h7-16,18,23-28,36H,17H2,1-6H3/t18-,23+,24-,25-,26+,27-,28+,32+,33-/m1/s1. The van der Waals surface area contributed by atoms with Gasteiger partial charge >= 0.3 is 23.9 Å². The molecule has 0 aromatic heterocycles. The summed E-state index contributed by atoms with van der Waals surface area (Å²) in [6.07, 6.45) is -5.88. The van der Waals surface area contributed by atoms with Crippen molar-refractivity contribution < 1.29 is 48.0 Å². The highest BCUT2D eigenvalue weighted by molar-refractivity contribution is 5.90. The summed E-state index contributed by atoms with van der Waals surface area (Å²) < 4.78 is 31.3. The third-order valence-electron chi connectivity index (χ3n) is 9.42. The molecular formula is C33H38O10. The molecule has 2 saturated carbocycles. The summed E-state index contributed by atoms with van der Waals surface area (Å²) in [5.41, 5.74) is -3.56. The van der Waals surface area contributed by atoms with Crippen molar-refractivity contribution in [1.29, 1.82) is 0 Å². The number of hydrogen-bond acceptors (Lipinski definition) is 10. The highest BCUT2D eigenvalue weighted by atomic mass is 16.6. The Labute approximate surface area is 250 Å². The largest absolute Gasteiger partial charge is 0.459 e. The number of benzene rings is 2. The van der Waals surface area contributed by atoms with Gasteiger partial charge in [0.2, 0.25) is 0 Å². The van der Waals surface area contributed by atoms with E-state index in [2.05, 4.69) is 0 Å². The van der Waals surface area contributed by atoms with Crippen molar-refractivity contribution >= 4 is 23.9 Å². The fourth-order valence-corrected chi connectivity index (χ4v) is 7.85. The Hall–Kier alpha value is -3.76. The Morgan fingerprint density at radius 1 is 0.744 bits per heavy atom. The lowest BCUT2D eigenvalue weighted by Gasteiger charge is -2.63. The van der Waals surface area contributed by atoms with Crippen LogP contribution < -0.4 is 0 Å². The van der Waals surface area contributed by atoms with Gasteiger partial charge in [0.25, 0.3) is 0 Å². The highest BCUT2D eigenvalue weighted by Crippen LogP contribution is 2.68. The summed E-state index contributed by atoms with van der Waals surface area (Å²) in [7, 11) is 0. The fraction of sp³-hybridized carbons (Fsp3) is 0.515. The zero-order chi connectivity index (χ0) is 31.3. The Morgan fingerprint density at radius 3 is 1.74 bits per heavy atom. The number of fused-ring (bicyclic) bond motifs is 1. The lowest BCUT2D eigenvalue weighted by atomic mass is 9.47. The van der Waals surface area contributed by atoms with E-state index in [9.17, 15) is 24.3 Å². The SMILES string of the molecule is CC(=O)O[C@@H]1[C@H]2[C@@H](OC(=O)c3ccccc3)[C@H](OC(=O)c3ccccc3)[C@]3(C)[C@@H](OC(C)=O)[C@@H](O)C[C@@H](C)[C@@]13OC2(C)C. The van der Waals surface area contributed by atoms with Gasteiger partial charge in [0, 0.05) is 13.8 Å². The van der Waals surface area contributed by atoms with Crippen LogP contribution in [-0.4, -0.2) is 70.7 Å². The minimum atomic E-state index is -1.56. The lowest BCUT2D eigenvalue weighted by molar-refractivity contribution is -0.313. The van der Waals surface area contributed by atoms with Gasteiger partial charge in [-0.05, 0) is 57.4 Å². The lowest BCUT2D eigenvalue weighted by Crippen LogP contribution is -2.78. The minimum absolute atomic E-state index is 0.141. The Bertz CT molecular complexity index is 1390. The van der Waals surface area contributed by atoms with Crippen molar-refractivity contribution in [1.82, 2.24) is 0 Å². The molecule has 2 aliphatic carbocycles. The summed E-state index contributed by atoms with van der Waals surface area (Å²) in [6, 6.07) is 16.6. The van der Waals surface area contributed by atoms with Crippen LogP contribution in [-0.2, 0) is 33.3 Å². The Morgan fingerprint density at radius 2 is 1.23 bits per heavy atom. The number of carbonyl (C=O) groups is 4. The van der Waals surface area contributed by atoms with Gasteiger partial charge < -0.3 is 28.8 Å². The van der Waals surface area contributed by atoms with Crippen LogP contribution in [0.15, 0.2) is 60.7 Å². The second kappa shape index (κ2) is 11.1. The van der Waals surface area contributed by atoms with Crippen molar-refractivity contribution in [3.63, 3.8) is 0 Å². The quantitative estimate of drug-likeness (QED) is 0.388. The van der Waals surface area contributed by atoms with Crippen LogP contribution in [0.25, 0.3) is 0 Å². The molecule has 1 spiro atoms. The molecule has 2 aromatic rings. The van der Waals surface area contributed by atoms with Gasteiger partial charge in [-0.15, -0.1) is 0 Å². The maximum absolute atomic E-state index is 13.7. The third-order valence-corrected chi connectivity index (χ3v) is 9.42. The van der Waals surface area contributed by atoms with Crippen LogP contribution >= 0.6 is 0 Å². The molecule has 1 saturated heterocycles. The first kappa shape index (κ1) is 30.7. The molecule has 1 aliphatic heterocycles. The topological polar surface area (TPSA) is 135 Å². The predicted molar refractivity (Wildman–Crippen MR) is 152 cm³/mol. The van der Waals surface area contributed by atoms with Crippen molar-refractivity contribution in [2.75, 3.05) is 0 Å². The van der Waals surface area contributed by atoms with Gasteiger partial charge in [-0.1, -0.05) is 43.3 Å². The van der Waals surface area contributed by atoms with Crippen LogP contribution in [0.4, 0.5) is 0 Å². The smallest absolute Gasteiger partial charge is 0.338 e. The number of aliphatic hydroxyl groups excluding tert-OH is 1. The zero-order valence-electron chi connectivity index (χ0n) is 25.1. The van der Waals surface area contributed by atoms with Gasteiger partial charge in [0.1, 0.15) is 23.9 Å². The zero-order valence-corrected chi connectivity index (χ0v) is 25.1. The first-order chi connectivity index (χ1) is 20.2. The summed E-state index contributed by atoms with van der Waals surface area (Å²) in [5.74, 6) is -3.95. The number of hydrogen-bond donors (Lipinski definition) is 1. The maximum atomic E-state index is 13.7. The van der Waals surface area contributed by atoms with E-state index in [1.807, 2.05) is 6.92 Å². The van der Waals surface area contributed by atoms with Gasteiger partial charge in [0.15, 0.2) is 6.10 Å². The van der Waals surface area contributed by atoms with Crippen molar-refractivity contribution in [2.24, 2.45) is 17.3 Å². The molecule has 230 valence electrons. The molecule has 3 fully saturated rings. The second-order valence-corrected chi connectivity index (χ2v) is 12.5.